The first-order valence-electron chi connectivity index (χ1n) is 16.6. The molecule has 5 aromatic carbocycles. The molecular weight excluding hydrogens is 680 g/mol. The molecule has 4 N–H and O–H groups in total. The lowest BCUT2D eigenvalue weighted by Crippen LogP contribution is -2.22. The summed E-state index contributed by atoms with van der Waals surface area (Å²) in [7, 11) is 5.30. The zero-order chi connectivity index (χ0) is 38.3. The van der Waals surface area contributed by atoms with E-state index in [4.69, 9.17) is 28.4 Å². The SMILES string of the molecule is COc1c(O)c2c(=O)cc(OC)c3c4c(OC)cc(=O)c5c(O)c(OC)c(C[C@@H](C)OC(=O)CC(C)O)c(c(c1C[C@@H](C)OC(=O)CC(C)O)c23)c54. The third-order valence-electron chi connectivity index (χ3n) is 8.99. The molecule has 0 aliphatic carbocycles. The number of phenols is 2. The van der Waals surface area contributed by atoms with Crippen LogP contribution in [-0.4, -0.2) is 85.2 Å². The number of aromatic hydroxyl groups is 2. The quantitative estimate of drug-likeness (QED) is 0.0731. The van der Waals surface area contributed by atoms with Gasteiger partial charge in [0.05, 0.1) is 64.3 Å². The highest BCUT2D eigenvalue weighted by Gasteiger charge is 2.34. The Kier molecular flexibility index (Phi) is 10.7. The summed E-state index contributed by atoms with van der Waals surface area (Å²) in [4.78, 5) is 53.0. The Bertz CT molecular complexity index is 2130. The van der Waals surface area contributed by atoms with Crippen LogP contribution < -0.4 is 29.8 Å². The number of rotatable bonds is 14. The predicted molar refractivity (Wildman–Crippen MR) is 192 cm³/mol. The van der Waals surface area contributed by atoms with Gasteiger partial charge in [-0.2, -0.15) is 0 Å². The molecule has 0 aliphatic rings. The second kappa shape index (κ2) is 14.7. The van der Waals surface area contributed by atoms with Crippen LogP contribution in [-0.2, 0) is 31.9 Å². The van der Waals surface area contributed by atoms with E-state index in [2.05, 4.69) is 0 Å². The number of phenolic OH excluding ortho intramolecular Hbond substituents is 2. The fourth-order valence-corrected chi connectivity index (χ4v) is 7.17. The van der Waals surface area contributed by atoms with Crippen molar-refractivity contribution in [1.82, 2.24) is 0 Å². The number of carbonyl (C=O) groups is 2. The highest BCUT2D eigenvalue weighted by atomic mass is 16.5. The van der Waals surface area contributed by atoms with E-state index in [1.54, 1.807) is 13.8 Å². The number of esters is 2. The van der Waals surface area contributed by atoms with Gasteiger partial charge in [0.25, 0.3) is 0 Å². The lowest BCUT2D eigenvalue weighted by molar-refractivity contribution is -0.151. The summed E-state index contributed by atoms with van der Waals surface area (Å²) in [6, 6.07) is 2.38. The monoisotopic (exact) mass is 722 g/mol. The van der Waals surface area contributed by atoms with Crippen molar-refractivity contribution in [2.75, 3.05) is 28.4 Å². The maximum Gasteiger partial charge on any atom is 0.308 e. The second-order valence-electron chi connectivity index (χ2n) is 13.0. The smallest absolute Gasteiger partial charge is 0.308 e. The first-order chi connectivity index (χ1) is 24.6. The predicted octanol–water partition coefficient (Wildman–Crippen LogP) is 3.83. The summed E-state index contributed by atoms with van der Waals surface area (Å²) in [6.07, 6.45) is -4.45. The van der Waals surface area contributed by atoms with Crippen LogP contribution in [0.4, 0.5) is 0 Å². The molecule has 52 heavy (non-hydrogen) atoms. The Morgan fingerprint density at radius 2 is 0.904 bits per heavy atom. The Morgan fingerprint density at radius 1 is 0.558 bits per heavy atom. The van der Waals surface area contributed by atoms with Gasteiger partial charge in [-0.3, -0.25) is 19.2 Å². The van der Waals surface area contributed by atoms with E-state index in [0.717, 1.165) is 0 Å². The average molecular weight is 723 g/mol. The molecule has 14 heteroatoms. The van der Waals surface area contributed by atoms with Gasteiger partial charge in [0.2, 0.25) is 0 Å². The van der Waals surface area contributed by atoms with Crippen molar-refractivity contribution < 1.29 is 58.4 Å². The maximum absolute atomic E-state index is 13.9. The number of hydrogen-bond acceptors (Lipinski definition) is 14. The molecule has 5 rings (SSSR count). The van der Waals surface area contributed by atoms with Crippen LogP contribution in [0.3, 0.4) is 0 Å². The number of aliphatic hydroxyl groups excluding tert-OH is 2. The summed E-state index contributed by atoms with van der Waals surface area (Å²) in [5, 5.41) is 44.3. The van der Waals surface area contributed by atoms with Crippen molar-refractivity contribution in [1.29, 1.82) is 0 Å². The molecule has 0 fully saturated rings. The van der Waals surface area contributed by atoms with Gasteiger partial charge in [-0.05, 0) is 38.5 Å². The van der Waals surface area contributed by atoms with Crippen LogP contribution in [0.15, 0.2) is 21.7 Å². The second-order valence-corrected chi connectivity index (χ2v) is 13.0. The summed E-state index contributed by atoms with van der Waals surface area (Å²) >= 11 is 0. The third-order valence-corrected chi connectivity index (χ3v) is 8.99. The first-order valence-corrected chi connectivity index (χ1v) is 16.6. The molecule has 0 aliphatic heterocycles. The Balaban J connectivity index is 2.08. The zero-order valence-electron chi connectivity index (χ0n) is 30.2. The fourth-order valence-electron chi connectivity index (χ4n) is 7.17. The molecule has 14 nitrogen and oxygen atoms in total. The molecule has 278 valence electrons. The van der Waals surface area contributed by atoms with Gasteiger partial charge in [0.1, 0.15) is 23.7 Å². The van der Waals surface area contributed by atoms with Crippen molar-refractivity contribution in [3.8, 4) is 34.5 Å². The van der Waals surface area contributed by atoms with Gasteiger partial charge in [0, 0.05) is 57.6 Å². The van der Waals surface area contributed by atoms with Crippen molar-refractivity contribution in [2.24, 2.45) is 0 Å². The maximum atomic E-state index is 13.9. The van der Waals surface area contributed by atoms with Crippen LogP contribution in [0.25, 0.3) is 43.1 Å². The molecule has 0 heterocycles. The van der Waals surface area contributed by atoms with Crippen LogP contribution in [0.1, 0.15) is 51.7 Å². The van der Waals surface area contributed by atoms with E-state index in [0.29, 0.717) is 0 Å². The zero-order valence-corrected chi connectivity index (χ0v) is 30.2. The minimum Gasteiger partial charge on any atom is -0.504 e. The Labute approximate surface area is 297 Å². The Morgan fingerprint density at radius 3 is 1.19 bits per heavy atom. The topological polar surface area (TPSA) is 205 Å². The number of carbonyl (C=O) groups excluding carboxylic acids is 2. The highest BCUT2D eigenvalue weighted by Crippen LogP contribution is 2.55. The fraction of sp³-hybridized carbons (Fsp3) is 0.421. The number of aliphatic hydroxyl groups is 2. The standard InChI is InChI=1S/C38H42O14/c1-15(39)9-25(43)51-17(3)11-19-27-28-20(12-18(4)52-26(44)10-16(2)40)38(50-8)36(46)30-22(42)14-24(48-6)32(34(28)30)31-23(47-5)13-21(41)29(33(27)31)35(45)37(19)49-7/h13-18,39-40,45-46H,9-12H2,1-8H3/t15?,16?,17-,18-/m1/s1. The van der Waals surface area contributed by atoms with Crippen molar-refractivity contribution >= 4 is 55.0 Å². The molecule has 0 saturated carbocycles. The van der Waals surface area contributed by atoms with E-state index >= 15 is 0 Å². The first kappa shape index (κ1) is 37.9. The average Bonchev–Trinajstić information content (AvgIpc) is 3.04. The highest BCUT2D eigenvalue weighted by molar-refractivity contribution is 6.38. The molecule has 2 unspecified atom stereocenters. The van der Waals surface area contributed by atoms with E-state index in [9.17, 15) is 39.6 Å². The normalized spacial score (nSPS) is 14.0. The van der Waals surface area contributed by atoms with Crippen LogP contribution >= 0.6 is 0 Å². The van der Waals surface area contributed by atoms with Gasteiger partial charge >= 0.3 is 11.9 Å². The lowest BCUT2D eigenvalue weighted by Gasteiger charge is -2.26. The van der Waals surface area contributed by atoms with E-state index in [1.807, 2.05) is 0 Å². The summed E-state index contributed by atoms with van der Waals surface area (Å²) < 4.78 is 34.2. The van der Waals surface area contributed by atoms with Gasteiger partial charge < -0.3 is 48.8 Å². The van der Waals surface area contributed by atoms with Crippen molar-refractivity contribution in [3.63, 3.8) is 0 Å². The molecule has 0 amide bonds. The summed E-state index contributed by atoms with van der Waals surface area (Å²) in [5.41, 5.74) is -0.729. The molecule has 0 radical (unpaired) electrons. The van der Waals surface area contributed by atoms with E-state index in [1.165, 1.54) is 54.4 Å². The third kappa shape index (κ3) is 6.48. The molecule has 0 spiro atoms. The molecule has 5 aromatic rings. The summed E-state index contributed by atoms with van der Waals surface area (Å²) in [5.74, 6) is -2.45. The molecule has 0 bridgehead atoms. The number of ether oxygens (including phenoxy) is 6. The van der Waals surface area contributed by atoms with Crippen LogP contribution in [0, 0.1) is 0 Å². The van der Waals surface area contributed by atoms with Gasteiger partial charge in [-0.25, -0.2) is 0 Å². The minimum atomic E-state index is -0.963. The number of hydrogen-bond donors (Lipinski definition) is 4. The van der Waals surface area contributed by atoms with Gasteiger partial charge in [-0.15, -0.1) is 0 Å². The van der Waals surface area contributed by atoms with E-state index < -0.39 is 58.7 Å². The molecule has 0 aromatic heterocycles. The Hall–Kier alpha value is -5.34. The molecular formula is C38H42O14. The molecule has 4 atom stereocenters. The van der Waals surface area contributed by atoms with Crippen molar-refractivity contribution in [3.05, 3.63) is 43.7 Å². The largest absolute Gasteiger partial charge is 0.504 e. The van der Waals surface area contributed by atoms with Crippen molar-refractivity contribution in [2.45, 2.75) is 77.8 Å². The van der Waals surface area contributed by atoms with Gasteiger partial charge in [-0.1, -0.05) is 0 Å². The van der Waals surface area contributed by atoms with Crippen LogP contribution in [0.5, 0.6) is 34.5 Å². The number of benzene rings is 5. The number of methoxy groups -OCH3 is 4. The number of fused-ring (bicyclic) bond motifs is 2. The lowest BCUT2D eigenvalue weighted by atomic mass is 9.81. The molecule has 0 saturated heterocycles. The van der Waals surface area contributed by atoms with Gasteiger partial charge in [0.15, 0.2) is 33.9 Å². The summed E-state index contributed by atoms with van der Waals surface area (Å²) in [6.45, 7) is 6.09. The van der Waals surface area contributed by atoms with Crippen LogP contribution in [0.2, 0.25) is 0 Å². The van der Waals surface area contributed by atoms with E-state index in [-0.39, 0.29) is 103 Å². The minimum absolute atomic E-state index is 0.0758.